The van der Waals surface area contributed by atoms with Crippen molar-refractivity contribution < 1.29 is 37.3 Å². The van der Waals surface area contributed by atoms with Crippen LogP contribution in [0.25, 0.3) is 0 Å². The Labute approximate surface area is 227 Å². The Morgan fingerprint density at radius 1 is 1.08 bits per heavy atom. The summed E-state index contributed by atoms with van der Waals surface area (Å²) in [4.78, 5) is 23.9. The maximum atomic E-state index is 12.6. The fraction of sp³-hybridized carbons (Fsp3) is 0.462. The summed E-state index contributed by atoms with van der Waals surface area (Å²) in [5.41, 5.74) is 2.17. The first-order valence-electron chi connectivity index (χ1n) is 12.0. The molecule has 8 nitrogen and oxygen atoms in total. The highest BCUT2D eigenvalue weighted by atomic mass is 79.9. The fourth-order valence-electron chi connectivity index (χ4n) is 5.28. The molecule has 1 saturated carbocycles. The summed E-state index contributed by atoms with van der Waals surface area (Å²) in [5.74, 6) is -1.23. The highest BCUT2D eigenvalue weighted by Crippen LogP contribution is 2.49. The number of carbonyl (C=O) groups excluding carboxylic acids is 1. The number of urea groups is 1. The second kappa shape index (κ2) is 12.2. The number of hydrogen-bond acceptors (Lipinski definition) is 5. The fourth-order valence-corrected chi connectivity index (χ4v) is 5.54. The third kappa shape index (κ3) is 6.90. The predicted molar refractivity (Wildman–Crippen MR) is 140 cm³/mol. The topological polar surface area (TPSA) is 100 Å². The van der Waals surface area contributed by atoms with Crippen LogP contribution in [0.15, 0.2) is 46.9 Å². The Kier molecular flexibility index (Phi) is 9.53. The van der Waals surface area contributed by atoms with Gasteiger partial charge < -0.3 is 30.1 Å². The molecule has 0 unspecified atom stereocenters. The number of aliphatic carboxylic acids is 1. The number of carbonyl (C=O) groups is 2. The molecule has 0 radical (unpaired) electrons. The number of fused-ring (bicyclic) bond motifs is 1. The summed E-state index contributed by atoms with van der Waals surface area (Å²) in [6, 6.07) is 14.3. The predicted octanol–water partition coefficient (Wildman–Crippen LogP) is 5.42. The van der Waals surface area contributed by atoms with Crippen molar-refractivity contribution in [3.05, 3.63) is 52.5 Å². The Morgan fingerprint density at radius 3 is 2.29 bits per heavy atom. The number of ether oxygens (including phenoxy) is 2. The number of nitrogens with zero attached hydrogens (tertiary/aromatic N) is 1. The van der Waals surface area contributed by atoms with E-state index in [2.05, 4.69) is 50.6 Å². The van der Waals surface area contributed by atoms with Gasteiger partial charge in [-0.3, -0.25) is 0 Å². The summed E-state index contributed by atoms with van der Waals surface area (Å²) >= 11 is 3.42. The Balaban J connectivity index is 0.000000505. The monoisotopic (exact) mass is 601 g/mol. The van der Waals surface area contributed by atoms with Crippen LogP contribution in [0, 0.1) is 0 Å². The first kappa shape index (κ1) is 29.6. The van der Waals surface area contributed by atoms with Crippen molar-refractivity contribution in [1.29, 1.82) is 0 Å². The van der Waals surface area contributed by atoms with E-state index in [0.29, 0.717) is 6.04 Å². The molecule has 0 bridgehead atoms. The number of halogens is 4. The number of benzene rings is 2. The molecule has 12 heteroatoms. The molecule has 0 aromatic heterocycles. The summed E-state index contributed by atoms with van der Waals surface area (Å²) in [7, 11) is 5.54. The van der Waals surface area contributed by atoms with Crippen molar-refractivity contribution >= 4 is 33.6 Å². The van der Waals surface area contributed by atoms with Crippen LogP contribution < -0.4 is 20.1 Å². The number of carboxylic acids is 1. The van der Waals surface area contributed by atoms with E-state index in [0.717, 1.165) is 53.9 Å². The number of hydrogen-bond donors (Lipinski definition) is 3. The average molecular weight is 602 g/mol. The van der Waals surface area contributed by atoms with Crippen molar-refractivity contribution in [2.24, 2.45) is 0 Å². The average Bonchev–Trinajstić information content (AvgIpc) is 3.21. The summed E-state index contributed by atoms with van der Waals surface area (Å²) in [5, 5.41) is 13.3. The second-order valence-electron chi connectivity index (χ2n) is 9.35. The van der Waals surface area contributed by atoms with Crippen molar-refractivity contribution in [3.63, 3.8) is 0 Å². The molecular formula is C26H31BrF3N3O5. The van der Waals surface area contributed by atoms with Gasteiger partial charge in [0, 0.05) is 27.7 Å². The highest BCUT2D eigenvalue weighted by molar-refractivity contribution is 9.10. The molecule has 1 heterocycles. The molecule has 3 N–H and O–H groups in total. The molecule has 208 valence electrons. The standard InChI is InChI=1S/C24H30BrN3O3.C2HF3O2/c1-28-13-12-24(16-4-9-20(30-2)21(14-16)31-3)11-10-19(15-22(24)28)27-23(29)26-18-7-5-17(25)6-8-18;3-2(4,5)1(6)7/h4-9,14,19,22H,10-13,15H2,1-3H3,(H2,26,27,29);(H,6,7)/t19-,22+,24+;/m1./s1. The van der Waals surface area contributed by atoms with Crippen LogP contribution >= 0.6 is 15.9 Å². The lowest BCUT2D eigenvalue weighted by atomic mass is 9.65. The van der Waals surface area contributed by atoms with Gasteiger partial charge >= 0.3 is 18.2 Å². The largest absolute Gasteiger partial charge is 0.493 e. The van der Waals surface area contributed by atoms with Gasteiger partial charge in [-0.1, -0.05) is 22.0 Å². The lowest BCUT2D eigenvalue weighted by Gasteiger charge is -2.45. The molecule has 2 amide bonds. The molecule has 3 atom stereocenters. The molecular weight excluding hydrogens is 571 g/mol. The number of nitrogens with one attached hydrogen (secondary N) is 2. The van der Waals surface area contributed by atoms with Crippen LogP contribution in [0.5, 0.6) is 11.5 Å². The van der Waals surface area contributed by atoms with E-state index in [1.807, 2.05) is 30.3 Å². The highest BCUT2D eigenvalue weighted by Gasteiger charge is 2.50. The lowest BCUT2D eigenvalue weighted by Crippen LogP contribution is -2.52. The third-order valence-corrected chi connectivity index (χ3v) is 7.69. The van der Waals surface area contributed by atoms with E-state index in [9.17, 15) is 18.0 Å². The smallest absolute Gasteiger partial charge is 0.490 e. The van der Waals surface area contributed by atoms with Gasteiger partial charge in [0.15, 0.2) is 11.5 Å². The minimum atomic E-state index is -5.08. The van der Waals surface area contributed by atoms with Gasteiger partial charge in [-0.2, -0.15) is 13.2 Å². The van der Waals surface area contributed by atoms with Gasteiger partial charge in [-0.15, -0.1) is 0 Å². The molecule has 38 heavy (non-hydrogen) atoms. The maximum absolute atomic E-state index is 12.6. The molecule has 1 saturated heterocycles. The van der Waals surface area contributed by atoms with Gasteiger partial charge in [0.05, 0.1) is 14.2 Å². The minimum Gasteiger partial charge on any atom is -0.493 e. The van der Waals surface area contributed by atoms with Crippen LogP contribution in [0.4, 0.5) is 23.7 Å². The first-order valence-corrected chi connectivity index (χ1v) is 12.7. The number of likely N-dealkylation sites (tertiary alicyclic amines) is 1. The lowest BCUT2D eigenvalue weighted by molar-refractivity contribution is -0.192. The molecule has 4 rings (SSSR count). The number of amides is 2. The van der Waals surface area contributed by atoms with Crippen LogP contribution in [-0.4, -0.2) is 68.1 Å². The summed E-state index contributed by atoms with van der Waals surface area (Å²) in [6.45, 7) is 1.05. The number of methoxy groups -OCH3 is 2. The summed E-state index contributed by atoms with van der Waals surface area (Å²) in [6.07, 6.45) is -1.06. The molecule has 2 aromatic carbocycles. The van der Waals surface area contributed by atoms with E-state index in [-0.39, 0.29) is 17.5 Å². The van der Waals surface area contributed by atoms with E-state index in [1.54, 1.807) is 14.2 Å². The van der Waals surface area contributed by atoms with Gasteiger partial charge in [0.1, 0.15) is 0 Å². The zero-order chi connectivity index (χ0) is 28.1. The first-order chi connectivity index (χ1) is 17.9. The normalized spacial score (nSPS) is 22.9. The minimum absolute atomic E-state index is 0.0780. The summed E-state index contributed by atoms with van der Waals surface area (Å²) < 4.78 is 43.7. The third-order valence-electron chi connectivity index (χ3n) is 7.17. The Hall–Kier alpha value is -2.99. The number of anilines is 1. The van der Waals surface area contributed by atoms with Gasteiger partial charge in [-0.05, 0) is 81.2 Å². The maximum Gasteiger partial charge on any atom is 0.490 e. The van der Waals surface area contributed by atoms with Gasteiger partial charge in [0.2, 0.25) is 0 Å². The number of alkyl halides is 3. The van der Waals surface area contributed by atoms with E-state index in [4.69, 9.17) is 19.4 Å². The van der Waals surface area contributed by atoms with E-state index in [1.165, 1.54) is 5.56 Å². The zero-order valence-corrected chi connectivity index (χ0v) is 22.9. The van der Waals surface area contributed by atoms with Crippen LogP contribution in [0.2, 0.25) is 0 Å². The Bertz CT molecular complexity index is 1130. The molecule has 1 aliphatic heterocycles. The number of carboxylic acid groups (broad SMARTS) is 1. The van der Waals surface area contributed by atoms with E-state index < -0.39 is 12.1 Å². The zero-order valence-electron chi connectivity index (χ0n) is 21.3. The SMILES string of the molecule is COc1ccc([C@@]23CC[C@@H](NC(=O)Nc4ccc(Br)cc4)C[C@@H]2N(C)CC3)cc1OC.O=C(O)C(F)(F)F. The van der Waals surface area contributed by atoms with Crippen LogP contribution in [0.3, 0.4) is 0 Å². The van der Waals surface area contributed by atoms with Crippen molar-refractivity contribution in [1.82, 2.24) is 10.2 Å². The van der Waals surface area contributed by atoms with Crippen LogP contribution in [-0.2, 0) is 10.2 Å². The quantitative estimate of drug-likeness (QED) is 0.423. The van der Waals surface area contributed by atoms with Gasteiger partial charge in [0.25, 0.3) is 0 Å². The van der Waals surface area contributed by atoms with Crippen LogP contribution in [0.1, 0.15) is 31.2 Å². The van der Waals surface area contributed by atoms with E-state index >= 15 is 0 Å². The molecule has 2 aliphatic rings. The van der Waals surface area contributed by atoms with Crippen molar-refractivity contribution in [2.75, 3.05) is 33.1 Å². The number of rotatable bonds is 5. The molecule has 2 aromatic rings. The van der Waals surface area contributed by atoms with Crippen molar-refractivity contribution in [2.45, 2.75) is 49.4 Å². The number of likely N-dealkylation sites (N-methyl/N-ethyl adjacent to an activating group) is 1. The molecule has 2 fully saturated rings. The molecule has 0 spiro atoms. The second-order valence-corrected chi connectivity index (χ2v) is 10.3. The Morgan fingerprint density at radius 2 is 1.71 bits per heavy atom. The van der Waals surface area contributed by atoms with Crippen molar-refractivity contribution in [3.8, 4) is 11.5 Å². The molecule has 1 aliphatic carbocycles. The van der Waals surface area contributed by atoms with Gasteiger partial charge in [-0.25, -0.2) is 9.59 Å².